The van der Waals surface area contributed by atoms with E-state index in [0.29, 0.717) is 21.6 Å². The van der Waals surface area contributed by atoms with Crippen molar-refractivity contribution in [3.63, 3.8) is 0 Å². The van der Waals surface area contributed by atoms with Gasteiger partial charge in [0.1, 0.15) is 11.3 Å². The average Bonchev–Trinajstić information content (AvgIpc) is 2.79. The minimum Gasteiger partial charge on any atom is -0.479 e. The number of carbonyl (C=O) groups excluding carboxylic acids is 1. The SMILES string of the molecule is CC(Oc1cc2oc(=O)cc(-c3ccccc3)c2cc1Cl)C(=O)NCc1ccccn1. The maximum atomic E-state index is 12.4. The molecule has 31 heavy (non-hydrogen) atoms. The van der Waals surface area contributed by atoms with Crippen molar-refractivity contribution in [3.05, 3.63) is 94.1 Å². The Balaban J connectivity index is 1.57. The molecule has 6 nitrogen and oxygen atoms in total. The average molecular weight is 435 g/mol. The van der Waals surface area contributed by atoms with E-state index >= 15 is 0 Å². The van der Waals surface area contributed by atoms with Crippen molar-refractivity contribution in [2.45, 2.75) is 19.6 Å². The number of halogens is 1. The second-order valence-corrected chi connectivity index (χ2v) is 7.33. The molecule has 0 saturated carbocycles. The van der Waals surface area contributed by atoms with Crippen LogP contribution in [0.2, 0.25) is 5.02 Å². The molecule has 4 rings (SSSR count). The van der Waals surface area contributed by atoms with Gasteiger partial charge in [-0.25, -0.2) is 4.79 Å². The largest absolute Gasteiger partial charge is 0.479 e. The highest BCUT2D eigenvalue weighted by Gasteiger charge is 2.18. The zero-order valence-corrected chi connectivity index (χ0v) is 17.4. The van der Waals surface area contributed by atoms with E-state index < -0.39 is 11.7 Å². The normalized spacial score (nSPS) is 11.8. The zero-order chi connectivity index (χ0) is 21.8. The Labute approximate surface area is 183 Å². The van der Waals surface area contributed by atoms with Crippen LogP contribution in [0.15, 0.2) is 82.1 Å². The highest BCUT2D eigenvalue weighted by atomic mass is 35.5. The molecular weight excluding hydrogens is 416 g/mol. The van der Waals surface area contributed by atoms with Gasteiger partial charge in [0.05, 0.1) is 17.3 Å². The molecule has 0 aliphatic heterocycles. The summed E-state index contributed by atoms with van der Waals surface area (Å²) in [5.74, 6) is -0.0654. The molecule has 0 bridgehead atoms. The molecule has 4 aromatic rings. The first-order valence-corrected chi connectivity index (χ1v) is 10.1. The first-order chi connectivity index (χ1) is 15.0. The second kappa shape index (κ2) is 9.02. The van der Waals surface area contributed by atoms with Crippen molar-refractivity contribution in [2.75, 3.05) is 0 Å². The maximum absolute atomic E-state index is 12.4. The van der Waals surface area contributed by atoms with Gasteiger partial charge in [-0.3, -0.25) is 9.78 Å². The molecule has 2 aromatic carbocycles. The highest BCUT2D eigenvalue weighted by molar-refractivity contribution is 6.33. The highest BCUT2D eigenvalue weighted by Crippen LogP contribution is 2.35. The number of nitrogens with zero attached hydrogens (tertiary/aromatic N) is 1. The lowest BCUT2D eigenvalue weighted by molar-refractivity contribution is -0.127. The molecule has 0 fully saturated rings. The summed E-state index contributed by atoms with van der Waals surface area (Å²) >= 11 is 6.44. The Hall–Kier alpha value is -3.64. The van der Waals surface area contributed by atoms with Crippen LogP contribution in [0.1, 0.15) is 12.6 Å². The lowest BCUT2D eigenvalue weighted by Crippen LogP contribution is -2.36. The van der Waals surface area contributed by atoms with E-state index in [0.717, 1.165) is 11.3 Å². The number of rotatable bonds is 6. The zero-order valence-electron chi connectivity index (χ0n) is 16.7. The van der Waals surface area contributed by atoms with E-state index in [-0.39, 0.29) is 18.2 Å². The van der Waals surface area contributed by atoms with E-state index in [1.54, 1.807) is 25.3 Å². The minimum absolute atomic E-state index is 0.253. The van der Waals surface area contributed by atoms with Gasteiger partial charge in [0.2, 0.25) is 0 Å². The van der Waals surface area contributed by atoms with Crippen molar-refractivity contribution in [1.29, 1.82) is 0 Å². The third-order valence-corrected chi connectivity index (χ3v) is 5.02. The fourth-order valence-corrected chi connectivity index (χ4v) is 3.39. The number of amides is 1. The fraction of sp³-hybridized carbons (Fsp3) is 0.125. The molecule has 1 unspecified atom stereocenters. The van der Waals surface area contributed by atoms with E-state index in [1.165, 1.54) is 12.1 Å². The van der Waals surface area contributed by atoms with Gasteiger partial charge in [-0.2, -0.15) is 0 Å². The summed E-state index contributed by atoms with van der Waals surface area (Å²) in [7, 11) is 0. The van der Waals surface area contributed by atoms with Gasteiger partial charge in [0.15, 0.2) is 6.10 Å². The predicted octanol–water partition coefficient (Wildman–Crippen LogP) is 4.59. The molecule has 0 spiro atoms. The molecular formula is C24H19ClN2O4. The summed E-state index contributed by atoms with van der Waals surface area (Å²) < 4.78 is 11.1. The standard InChI is InChI=1S/C24H19ClN2O4/c1-15(24(29)27-14-17-9-5-6-10-26-17)30-22-13-21-19(11-20(22)25)18(12-23(28)31-21)16-7-3-2-4-8-16/h2-13,15H,14H2,1H3,(H,27,29). The van der Waals surface area contributed by atoms with Gasteiger partial charge < -0.3 is 14.5 Å². The molecule has 2 heterocycles. The summed E-state index contributed by atoms with van der Waals surface area (Å²) in [4.78, 5) is 28.7. The van der Waals surface area contributed by atoms with Crippen LogP contribution >= 0.6 is 11.6 Å². The van der Waals surface area contributed by atoms with Gasteiger partial charge in [-0.1, -0.05) is 48.0 Å². The molecule has 1 N–H and O–H groups in total. The van der Waals surface area contributed by atoms with Crippen LogP contribution in [-0.4, -0.2) is 17.0 Å². The maximum Gasteiger partial charge on any atom is 0.336 e. The number of fused-ring (bicyclic) bond motifs is 1. The fourth-order valence-electron chi connectivity index (χ4n) is 3.18. The van der Waals surface area contributed by atoms with Crippen molar-refractivity contribution in [2.24, 2.45) is 0 Å². The third-order valence-electron chi connectivity index (χ3n) is 4.72. The Kier molecular flexibility index (Phi) is 6.00. The van der Waals surface area contributed by atoms with Gasteiger partial charge in [-0.15, -0.1) is 0 Å². The van der Waals surface area contributed by atoms with Crippen LogP contribution in [0.4, 0.5) is 0 Å². The number of carbonyl (C=O) groups is 1. The van der Waals surface area contributed by atoms with Crippen LogP contribution in [0, 0.1) is 0 Å². The molecule has 0 aliphatic rings. The number of nitrogens with one attached hydrogen (secondary N) is 1. The lowest BCUT2D eigenvalue weighted by atomic mass is 10.0. The van der Waals surface area contributed by atoms with Crippen LogP contribution in [-0.2, 0) is 11.3 Å². The topological polar surface area (TPSA) is 81.4 Å². The first kappa shape index (κ1) is 20.6. The summed E-state index contributed by atoms with van der Waals surface area (Å²) in [6.07, 6.45) is 0.844. The van der Waals surface area contributed by atoms with E-state index in [1.807, 2.05) is 42.5 Å². The van der Waals surface area contributed by atoms with Gasteiger partial charge in [-0.05, 0) is 36.2 Å². The van der Waals surface area contributed by atoms with Crippen LogP contribution in [0.3, 0.4) is 0 Å². The Morgan fingerprint density at radius 2 is 1.90 bits per heavy atom. The van der Waals surface area contributed by atoms with Crippen molar-refractivity contribution in [1.82, 2.24) is 10.3 Å². The summed E-state index contributed by atoms with van der Waals surface area (Å²) in [6.45, 7) is 1.90. The van der Waals surface area contributed by atoms with Gasteiger partial charge in [0, 0.05) is 23.7 Å². The predicted molar refractivity (Wildman–Crippen MR) is 119 cm³/mol. The molecule has 7 heteroatoms. The summed E-state index contributed by atoms with van der Waals surface area (Å²) in [5, 5.41) is 3.76. The number of hydrogen-bond acceptors (Lipinski definition) is 5. The third kappa shape index (κ3) is 4.75. The molecule has 156 valence electrons. The van der Waals surface area contributed by atoms with Crippen molar-refractivity contribution >= 4 is 28.5 Å². The van der Waals surface area contributed by atoms with E-state index in [9.17, 15) is 9.59 Å². The Bertz CT molecular complexity index is 1270. The second-order valence-electron chi connectivity index (χ2n) is 6.92. The van der Waals surface area contributed by atoms with E-state index in [4.69, 9.17) is 20.8 Å². The quantitative estimate of drug-likeness (QED) is 0.449. The Morgan fingerprint density at radius 3 is 2.65 bits per heavy atom. The van der Waals surface area contributed by atoms with Crippen LogP contribution in [0.25, 0.3) is 22.1 Å². The molecule has 1 amide bonds. The monoisotopic (exact) mass is 434 g/mol. The molecule has 1 atom stereocenters. The summed E-state index contributed by atoms with van der Waals surface area (Å²) in [5.41, 5.74) is 2.16. The molecule has 2 aromatic heterocycles. The van der Waals surface area contributed by atoms with Crippen LogP contribution < -0.4 is 15.7 Å². The lowest BCUT2D eigenvalue weighted by Gasteiger charge is -2.16. The smallest absolute Gasteiger partial charge is 0.336 e. The van der Waals surface area contributed by atoms with Crippen molar-refractivity contribution in [3.8, 4) is 16.9 Å². The summed E-state index contributed by atoms with van der Waals surface area (Å²) in [6, 6.07) is 19.6. The Morgan fingerprint density at radius 1 is 1.13 bits per heavy atom. The van der Waals surface area contributed by atoms with E-state index in [2.05, 4.69) is 10.3 Å². The first-order valence-electron chi connectivity index (χ1n) is 9.68. The van der Waals surface area contributed by atoms with Crippen molar-refractivity contribution < 1.29 is 13.9 Å². The van der Waals surface area contributed by atoms with Gasteiger partial charge >= 0.3 is 5.63 Å². The van der Waals surface area contributed by atoms with Crippen LogP contribution in [0.5, 0.6) is 5.75 Å². The number of ether oxygens (including phenoxy) is 1. The number of pyridine rings is 1. The molecule has 0 radical (unpaired) electrons. The number of aromatic nitrogens is 1. The molecule has 0 aliphatic carbocycles. The molecule has 0 saturated heterocycles. The minimum atomic E-state index is -0.817. The number of benzene rings is 2. The van der Waals surface area contributed by atoms with Gasteiger partial charge in [0.25, 0.3) is 5.91 Å². The number of hydrogen-bond donors (Lipinski definition) is 1.